The van der Waals surface area contributed by atoms with Gasteiger partial charge in [-0.15, -0.1) is 0 Å². The second-order valence-electron chi connectivity index (χ2n) is 7.82. The summed E-state index contributed by atoms with van der Waals surface area (Å²) in [6.07, 6.45) is 9.32. The zero-order chi connectivity index (χ0) is 19.3. The molecular formula is C20H23N7O. The normalized spacial score (nSPS) is 23.9. The van der Waals surface area contributed by atoms with E-state index in [1.54, 1.807) is 10.9 Å². The van der Waals surface area contributed by atoms with E-state index >= 15 is 0 Å². The first-order valence-corrected chi connectivity index (χ1v) is 9.67. The van der Waals surface area contributed by atoms with E-state index < -0.39 is 0 Å². The molecule has 3 atom stereocenters. The van der Waals surface area contributed by atoms with Gasteiger partial charge in [0.05, 0.1) is 11.7 Å². The van der Waals surface area contributed by atoms with Crippen molar-refractivity contribution < 1.29 is 4.79 Å². The average molecular weight is 377 g/mol. The molecular weight excluding hydrogens is 354 g/mol. The highest BCUT2D eigenvalue weighted by atomic mass is 16.2. The van der Waals surface area contributed by atoms with Crippen molar-refractivity contribution in [3.63, 3.8) is 0 Å². The highest BCUT2D eigenvalue weighted by Crippen LogP contribution is 2.35. The molecule has 2 amide bonds. The first-order valence-electron chi connectivity index (χ1n) is 9.67. The van der Waals surface area contributed by atoms with Gasteiger partial charge in [-0.3, -0.25) is 10.00 Å². The summed E-state index contributed by atoms with van der Waals surface area (Å²) in [5.41, 5.74) is 8.95. The second-order valence-corrected chi connectivity index (χ2v) is 7.82. The quantitative estimate of drug-likeness (QED) is 0.714. The molecule has 2 aliphatic heterocycles. The van der Waals surface area contributed by atoms with E-state index in [2.05, 4.69) is 20.4 Å². The molecule has 8 nitrogen and oxygen atoms in total. The number of carbonyl (C=O) groups is 1. The van der Waals surface area contributed by atoms with E-state index in [1.807, 2.05) is 42.5 Å². The number of rotatable bonds is 2. The number of anilines is 1. The molecule has 4 heterocycles. The van der Waals surface area contributed by atoms with Gasteiger partial charge in [-0.1, -0.05) is 12.1 Å². The maximum atomic E-state index is 12.8. The van der Waals surface area contributed by atoms with Crippen molar-refractivity contribution in [2.45, 2.75) is 43.8 Å². The summed E-state index contributed by atoms with van der Waals surface area (Å²) in [6, 6.07) is 6.53. The zero-order valence-corrected chi connectivity index (χ0v) is 15.7. The number of nitrogens with two attached hydrogens (primary N) is 1. The van der Waals surface area contributed by atoms with Gasteiger partial charge in [0.2, 0.25) is 5.95 Å². The Morgan fingerprint density at radius 3 is 2.68 bits per heavy atom. The van der Waals surface area contributed by atoms with Gasteiger partial charge >= 0.3 is 6.03 Å². The molecule has 0 spiro atoms. The largest absolute Gasteiger partial charge is 0.328 e. The third kappa shape index (κ3) is 2.99. The van der Waals surface area contributed by atoms with Crippen LogP contribution in [-0.4, -0.2) is 48.8 Å². The molecule has 2 fully saturated rings. The van der Waals surface area contributed by atoms with Crippen LogP contribution in [0.15, 0.2) is 36.8 Å². The van der Waals surface area contributed by atoms with Crippen LogP contribution in [-0.2, 0) is 7.05 Å². The van der Waals surface area contributed by atoms with Crippen molar-refractivity contribution in [3.8, 4) is 11.1 Å². The fraction of sp³-hybridized carbons (Fsp3) is 0.400. The number of amides is 2. The van der Waals surface area contributed by atoms with Gasteiger partial charge in [-0.05, 0) is 37.3 Å². The van der Waals surface area contributed by atoms with Crippen LogP contribution in [0.1, 0.15) is 25.7 Å². The van der Waals surface area contributed by atoms with Crippen LogP contribution >= 0.6 is 0 Å². The molecule has 1 aromatic carbocycles. The van der Waals surface area contributed by atoms with E-state index in [0.29, 0.717) is 5.95 Å². The van der Waals surface area contributed by atoms with Gasteiger partial charge in [0.1, 0.15) is 0 Å². The van der Waals surface area contributed by atoms with E-state index in [4.69, 9.17) is 5.73 Å². The number of hydrogen-bond acceptors (Lipinski definition) is 5. The lowest BCUT2D eigenvalue weighted by Gasteiger charge is -2.37. The highest BCUT2D eigenvalue weighted by molar-refractivity contribution is 5.90. The minimum Gasteiger partial charge on any atom is -0.328 e. The van der Waals surface area contributed by atoms with Crippen LogP contribution in [0.4, 0.5) is 10.7 Å². The van der Waals surface area contributed by atoms with Crippen LogP contribution in [0.25, 0.3) is 22.0 Å². The first-order chi connectivity index (χ1) is 13.6. The van der Waals surface area contributed by atoms with Gasteiger partial charge in [-0.25, -0.2) is 14.8 Å². The van der Waals surface area contributed by atoms with E-state index in [9.17, 15) is 4.79 Å². The summed E-state index contributed by atoms with van der Waals surface area (Å²) in [6.45, 7) is 0. The van der Waals surface area contributed by atoms with Crippen molar-refractivity contribution in [1.82, 2.24) is 24.6 Å². The maximum absolute atomic E-state index is 12.8. The lowest BCUT2D eigenvalue weighted by molar-refractivity contribution is 0.150. The minimum atomic E-state index is -0.123. The monoisotopic (exact) mass is 377 g/mol. The number of urea groups is 1. The molecule has 3 aromatic rings. The zero-order valence-electron chi connectivity index (χ0n) is 15.7. The van der Waals surface area contributed by atoms with Crippen LogP contribution in [0, 0.1) is 0 Å². The lowest BCUT2D eigenvalue weighted by atomic mass is 9.99. The van der Waals surface area contributed by atoms with E-state index in [0.717, 1.165) is 47.7 Å². The Morgan fingerprint density at radius 2 is 1.96 bits per heavy atom. The summed E-state index contributed by atoms with van der Waals surface area (Å²) in [4.78, 5) is 23.7. The van der Waals surface area contributed by atoms with Crippen molar-refractivity contribution in [3.05, 3.63) is 36.8 Å². The maximum Gasteiger partial charge on any atom is 0.324 e. The third-order valence-corrected chi connectivity index (χ3v) is 5.84. The van der Waals surface area contributed by atoms with Crippen LogP contribution in [0.3, 0.4) is 0 Å². The molecule has 8 heteroatoms. The third-order valence-electron chi connectivity index (χ3n) is 5.84. The van der Waals surface area contributed by atoms with Gasteiger partial charge in [0.25, 0.3) is 0 Å². The average Bonchev–Trinajstić information content (AvgIpc) is 3.22. The molecule has 3 N–H and O–H groups in total. The summed E-state index contributed by atoms with van der Waals surface area (Å²) >= 11 is 0. The number of carbonyl (C=O) groups excluding carboxylic acids is 1. The molecule has 0 radical (unpaired) electrons. The fourth-order valence-electron chi connectivity index (χ4n) is 4.54. The lowest BCUT2D eigenvalue weighted by Crippen LogP contribution is -2.51. The second kappa shape index (κ2) is 6.56. The topological polar surface area (TPSA) is 102 Å². The summed E-state index contributed by atoms with van der Waals surface area (Å²) in [5.74, 6) is 0.329. The molecule has 2 saturated heterocycles. The molecule has 2 aromatic heterocycles. The predicted molar refractivity (Wildman–Crippen MR) is 107 cm³/mol. The number of nitrogens with zero attached hydrogens (tertiary/aromatic N) is 5. The summed E-state index contributed by atoms with van der Waals surface area (Å²) in [5, 5.41) is 8.04. The van der Waals surface area contributed by atoms with Gasteiger partial charge < -0.3 is 10.6 Å². The summed E-state index contributed by atoms with van der Waals surface area (Å²) < 4.78 is 1.77. The Bertz CT molecular complexity index is 1030. The van der Waals surface area contributed by atoms with Gasteiger partial charge in [-0.2, -0.15) is 5.10 Å². The standard InChI is InChI=1S/C20H23N7O/c1-26-11-14(10-23-26)12-2-3-13-9-22-19(24-18(13)6-12)25-20(28)27-16-4-5-17(27)8-15(21)7-16/h2-3,6,9-11,15-17H,4-5,7-8,21H2,1H3,(H,22,24,25,28)/t15-,16+,17-. The molecule has 0 saturated carbocycles. The SMILES string of the molecule is Cn1cc(-c2ccc3cnc(NC(=O)N4[C@@H]5CC[C@H]4C[C@@H](N)C5)nc3c2)cn1. The van der Waals surface area contributed by atoms with Gasteiger partial charge in [0, 0.05) is 48.5 Å². The van der Waals surface area contributed by atoms with E-state index in [-0.39, 0.29) is 24.2 Å². The number of nitrogens with one attached hydrogen (secondary N) is 1. The van der Waals surface area contributed by atoms with Crippen LogP contribution < -0.4 is 11.1 Å². The number of aryl methyl sites for hydroxylation is 1. The van der Waals surface area contributed by atoms with Crippen molar-refractivity contribution in [2.24, 2.45) is 12.8 Å². The molecule has 2 aliphatic rings. The summed E-state index contributed by atoms with van der Waals surface area (Å²) in [7, 11) is 1.89. The fourth-order valence-corrected chi connectivity index (χ4v) is 4.54. The predicted octanol–water partition coefficient (Wildman–Crippen LogP) is 2.52. The molecule has 0 unspecified atom stereocenters. The Morgan fingerprint density at radius 1 is 1.18 bits per heavy atom. The molecule has 5 rings (SSSR count). The number of piperidine rings is 1. The van der Waals surface area contributed by atoms with Gasteiger partial charge in [0.15, 0.2) is 0 Å². The Labute approximate surface area is 162 Å². The molecule has 28 heavy (non-hydrogen) atoms. The highest BCUT2D eigenvalue weighted by Gasteiger charge is 2.42. The smallest absolute Gasteiger partial charge is 0.324 e. The molecule has 144 valence electrons. The number of hydrogen-bond donors (Lipinski definition) is 2. The van der Waals surface area contributed by atoms with Crippen LogP contribution in [0.5, 0.6) is 0 Å². The molecule has 0 aliphatic carbocycles. The van der Waals surface area contributed by atoms with Crippen LogP contribution in [0.2, 0.25) is 0 Å². The Balaban J connectivity index is 1.39. The van der Waals surface area contributed by atoms with Crippen molar-refractivity contribution in [1.29, 1.82) is 0 Å². The number of benzene rings is 1. The number of aromatic nitrogens is 4. The first kappa shape index (κ1) is 17.1. The Hall–Kier alpha value is -3.00. The minimum absolute atomic E-state index is 0.123. The number of fused-ring (bicyclic) bond motifs is 3. The molecule has 2 bridgehead atoms. The van der Waals surface area contributed by atoms with E-state index in [1.165, 1.54) is 0 Å². The van der Waals surface area contributed by atoms with Crippen molar-refractivity contribution >= 4 is 22.9 Å². The van der Waals surface area contributed by atoms with Crippen molar-refractivity contribution in [2.75, 3.05) is 5.32 Å². The Kier molecular flexibility index (Phi) is 4.01.